The van der Waals surface area contributed by atoms with Crippen LogP contribution in [0.4, 0.5) is 0 Å². The third-order valence-corrected chi connectivity index (χ3v) is 6.13. The zero-order chi connectivity index (χ0) is 22.5. The summed E-state index contributed by atoms with van der Waals surface area (Å²) < 4.78 is 0. The lowest BCUT2D eigenvalue weighted by Gasteiger charge is -2.13. The second-order valence-corrected chi connectivity index (χ2v) is 8.80. The smallest absolute Gasteiger partial charge is 0.251 e. The van der Waals surface area contributed by atoms with E-state index in [2.05, 4.69) is 16.4 Å². The largest absolute Gasteiger partial charge is 0.370 e. The molecule has 3 N–H and O–H groups in total. The highest BCUT2D eigenvalue weighted by Gasteiger charge is 2.22. The molecule has 1 fully saturated rings. The molecule has 1 saturated carbocycles. The number of aromatic nitrogens is 1. The number of amides is 1. The molecule has 0 bridgehead atoms. The first-order valence-electron chi connectivity index (χ1n) is 10.6. The van der Waals surface area contributed by atoms with E-state index in [0.29, 0.717) is 16.6 Å². The van der Waals surface area contributed by atoms with Gasteiger partial charge in [-0.15, -0.1) is 0 Å². The van der Waals surface area contributed by atoms with Gasteiger partial charge < -0.3 is 11.1 Å². The lowest BCUT2D eigenvalue weighted by Crippen LogP contribution is -2.32. The minimum atomic E-state index is -0.134. The molecule has 5 nitrogen and oxygen atoms in total. The minimum Gasteiger partial charge on any atom is -0.370 e. The van der Waals surface area contributed by atoms with Crippen molar-refractivity contribution in [3.63, 3.8) is 0 Å². The SMILES string of the molecule is NC(=NC(=O)C1CCCC1)NCc1cnc(-c2ccc(Cl)cc2)c(-c2ccc(Cl)cc2)c1. The van der Waals surface area contributed by atoms with Crippen LogP contribution in [0.2, 0.25) is 10.0 Å². The number of halogens is 2. The second-order valence-electron chi connectivity index (χ2n) is 7.92. The van der Waals surface area contributed by atoms with Crippen LogP contribution in [0.25, 0.3) is 22.4 Å². The fraction of sp³-hybridized carbons (Fsp3) is 0.240. The summed E-state index contributed by atoms with van der Waals surface area (Å²) in [4.78, 5) is 21.0. The number of aliphatic imine (C=N–C) groups is 1. The van der Waals surface area contributed by atoms with Gasteiger partial charge in [0.25, 0.3) is 5.91 Å². The number of carbonyl (C=O) groups is 1. The molecule has 2 aromatic carbocycles. The normalized spacial score (nSPS) is 14.5. The molecule has 0 atom stereocenters. The van der Waals surface area contributed by atoms with Gasteiger partial charge >= 0.3 is 0 Å². The topological polar surface area (TPSA) is 80.4 Å². The first kappa shape index (κ1) is 22.3. The van der Waals surface area contributed by atoms with Crippen molar-refractivity contribution >= 4 is 35.1 Å². The number of nitrogens with two attached hydrogens (primary N) is 1. The van der Waals surface area contributed by atoms with Gasteiger partial charge in [0.1, 0.15) is 0 Å². The van der Waals surface area contributed by atoms with Crippen molar-refractivity contribution in [1.29, 1.82) is 0 Å². The Balaban J connectivity index is 1.58. The van der Waals surface area contributed by atoms with Crippen LogP contribution in [0.5, 0.6) is 0 Å². The number of hydrogen-bond donors (Lipinski definition) is 2. The maximum absolute atomic E-state index is 12.2. The molecule has 1 heterocycles. The summed E-state index contributed by atoms with van der Waals surface area (Å²) in [5.74, 6) is 0.00877. The highest BCUT2D eigenvalue weighted by Crippen LogP contribution is 2.32. The molecule has 1 amide bonds. The van der Waals surface area contributed by atoms with Gasteiger partial charge in [-0.1, -0.05) is 60.3 Å². The summed E-state index contributed by atoms with van der Waals surface area (Å²) in [5, 5.41) is 4.38. The van der Waals surface area contributed by atoms with Gasteiger partial charge in [-0.2, -0.15) is 4.99 Å². The second kappa shape index (κ2) is 10.2. The van der Waals surface area contributed by atoms with Gasteiger partial charge in [0.05, 0.1) is 5.69 Å². The first-order valence-corrected chi connectivity index (χ1v) is 11.4. The summed E-state index contributed by atoms with van der Waals surface area (Å²) in [6, 6.07) is 17.3. The average molecular weight is 467 g/mol. The Hall–Kier alpha value is -2.89. The van der Waals surface area contributed by atoms with E-state index >= 15 is 0 Å². The number of guanidine groups is 1. The molecular formula is C25H24Cl2N4O. The van der Waals surface area contributed by atoms with Gasteiger partial charge in [0, 0.05) is 39.8 Å². The lowest BCUT2D eigenvalue weighted by atomic mass is 9.98. The number of benzene rings is 2. The van der Waals surface area contributed by atoms with E-state index in [-0.39, 0.29) is 17.8 Å². The number of hydrogen-bond acceptors (Lipinski definition) is 2. The molecule has 7 heteroatoms. The molecule has 0 spiro atoms. The van der Waals surface area contributed by atoms with Crippen molar-refractivity contribution in [3.05, 3.63) is 76.4 Å². The molecule has 164 valence electrons. The highest BCUT2D eigenvalue weighted by atomic mass is 35.5. The molecular weight excluding hydrogens is 443 g/mol. The van der Waals surface area contributed by atoms with E-state index < -0.39 is 0 Å². The zero-order valence-electron chi connectivity index (χ0n) is 17.5. The van der Waals surface area contributed by atoms with Crippen LogP contribution in [0.1, 0.15) is 31.2 Å². The van der Waals surface area contributed by atoms with E-state index in [1.165, 1.54) is 0 Å². The van der Waals surface area contributed by atoms with Crippen LogP contribution in [0, 0.1) is 5.92 Å². The highest BCUT2D eigenvalue weighted by molar-refractivity contribution is 6.31. The van der Waals surface area contributed by atoms with E-state index in [1.807, 2.05) is 48.5 Å². The Kier molecular flexibility index (Phi) is 7.08. The lowest BCUT2D eigenvalue weighted by molar-refractivity contribution is -0.121. The number of carbonyl (C=O) groups excluding carboxylic acids is 1. The standard InChI is InChI=1S/C25H24Cl2N4O/c26-20-9-5-17(6-10-20)22-13-16(14-29-23(22)18-7-11-21(27)12-8-18)15-30-25(28)31-24(32)19-3-1-2-4-19/h5-14,19H,1-4,15H2,(H3,28,30,31,32). The van der Waals surface area contributed by atoms with Crippen molar-refractivity contribution in [3.8, 4) is 22.4 Å². The molecule has 3 aromatic rings. The third kappa shape index (κ3) is 5.47. The van der Waals surface area contributed by atoms with E-state index in [0.717, 1.165) is 53.6 Å². The molecule has 1 aliphatic carbocycles. The van der Waals surface area contributed by atoms with Gasteiger partial charge in [0.2, 0.25) is 0 Å². The fourth-order valence-corrected chi connectivity index (χ4v) is 4.16. The number of rotatable bonds is 5. The number of pyridine rings is 1. The van der Waals surface area contributed by atoms with Crippen LogP contribution in [0.3, 0.4) is 0 Å². The predicted octanol–water partition coefficient (Wildman–Crippen LogP) is 5.84. The average Bonchev–Trinajstić information content (AvgIpc) is 3.34. The van der Waals surface area contributed by atoms with Crippen LogP contribution >= 0.6 is 23.2 Å². The van der Waals surface area contributed by atoms with Gasteiger partial charge in [-0.25, -0.2) is 0 Å². The third-order valence-electron chi connectivity index (χ3n) is 5.63. The molecule has 0 aliphatic heterocycles. The monoisotopic (exact) mass is 466 g/mol. The molecule has 0 radical (unpaired) electrons. The Morgan fingerprint density at radius 1 is 1.00 bits per heavy atom. The minimum absolute atomic E-state index is 0.00665. The predicted molar refractivity (Wildman–Crippen MR) is 131 cm³/mol. The Morgan fingerprint density at radius 2 is 1.59 bits per heavy atom. The fourth-order valence-electron chi connectivity index (χ4n) is 3.91. The quantitative estimate of drug-likeness (QED) is 0.365. The van der Waals surface area contributed by atoms with Crippen molar-refractivity contribution in [2.45, 2.75) is 32.2 Å². The van der Waals surface area contributed by atoms with Gasteiger partial charge in [0.15, 0.2) is 5.96 Å². The molecule has 0 unspecified atom stereocenters. The summed E-state index contributed by atoms with van der Waals surface area (Å²) in [7, 11) is 0. The van der Waals surface area contributed by atoms with E-state index in [1.54, 1.807) is 6.20 Å². The van der Waals surface area contributed by atoms with Crippen molar-refractivity contribution < 1.29 is 4.79 Å². The molecule has 4 rings (SSSR count). The zero-order valence-corrected chi connectivity index (χ0v) is 19.0. The molecule has 1 aliphatic rings. The van der Waals surface area contributed by atoms with Crippen molar-refractivity contribution in [2.24, 2.45) is 16.6 Å². The van der Waals surface area contributed by atoms with E-state index in [4.69, 9.17) is 33.9 Å². The Morgan fingerprint density at radius 3 is 2.22 bits per heavy atom. The van der Waals surface area contributed by atoms with Crippen molar-refractivity contribution in [1.82, 2.24) is 10.3 Å². The summed E-state index contributed by atoms with van der Waals surface area (Å²) in [6.07, 6.45) is 5.76. The summed E-state index contributed by atoms with van der Waals surface area (Å²) in [6.45, 7) is 0.405. The van der Waals surface area contributed by atoms with Crippen LogP contribution in [-0.4, -0.2) is 16.9 Å². The summed E-state index contributed by atoms with van der Waals surface area (Å²) in [5.41, 5.74) is 10.6. The van der Waals surface area contributed by atoms with E-state index in [9.17, 15) is 4.79 Å². The number of nitrogens with zero attached hydrogens (tertiary/aromatic N) is 2. The van der Waals surface area contributed by atoms with Crippen LogP contribution in [0.15, 0.2) is 65.8 Å². The summed E-state index contributed by atoms with van der Waals surface area (Å²) >= 11 is 12.1. The number of nitrogens with one attached hydrogen (secondary N) is 1. The van der Waals surface area contributed by atoms with Crippen LogP contribution < -0.4 is 11.1 Å². The van der Waals surface area contributed by atoms with Crippen LogP contribution in [-0.2, 0) is 11.3 Å². The Labute approximate surface area is 197 Å². The molecule has 0 saturated heterocycles. The Bertz CT molecular complexity index is 1120. The van der Waals surface area contributed by atoms with Gasteiger partial charge in [-0.05, 0) is 54.3 Å². The van der Waals surface area contributed by atoms with Crippen molar-refractivity contribution in [2.75, 3.05) is 0 Å². The first-order chi connectivity index (χ1) is 15.5. The maximum atomic E-state index is 12.2. The van der Waals surface area contributed by atoms with Gasteiger partial charge in [-0.3, -0.25) is 9.78 Å². The molecule has 32 heavy (non-hydrogen) atoms. The maximum Gasteiger partial charge on any atom is 0.251 e. The molecule has 1 aromatic heterocycles.